The number of carboxylic acids is 1. The first-order valence-corrected chi connectivity index (χ1v) is 24.8. The lowest BCUT2D eigenvalue weighted by Gasteiger charge is -2.46. The van der Waals surface area contributed by atoms with Gasteiger partial charge in [0.05, 0.1) is 35.4 Å². The van der Waals surface area contributed by atoms with Gasteiger partial charge in [-0.05, 0) is 100 Å². The fraction of sp³-hybridized carbons (Fsp3) is 0.769. The summed E-state index contributed by atoms with van der Waals surface area (Å²) in [7, 11) is -4.63. The highest BCUT2D eigenvalue weighted by molar-refractivity contribution is 7.09. The van der Waals surface area contributed by atoms with Crippen LogP contribution in [0.25, 0.3) is 6.08 Å². The summed E-state index contributed by atoms with van der Waals surface area (Å²) in [4.78, 5) is 31.1. The summed E-state index contributed by atoms with van der Waals surface area (Å²) in [5, 5.41) is 23.5. The van der Waals surface area contributed by atoms with E-state index in [1.54, 1.807) is 11.3 Å². The zero-order chi connectivity index (χ0) is 38.3. The van der Waals surface area contributed by atoms with E-state index in [1.807, 2.05) is 46.1 Å². The number of aliphatic carboxylic acids is 1. The Bertz CT molecular complexity index is 1300. The number of carbonyl (C=O) groups excluding carboxylic acids is 1. The van der Waals surface area contributed by atoms with Crippen molar-refractivity contribution in [2.24, 2.45) is 17.3 Å². The van der Waals surface area contributed by atoms with Crippen LogP contribution in [0.4, 0.5) is 0 Å². The molecule has 0 bridgehead atoms. The summed E-state index contributed by atoms with van der Waals surface area (Å²) in [5.41, 5.74) is 2.00. The molecule has 1 aromatic heterocycles. The molecule has 282 valence electrons. The second kappa shape index (κ2) is 17.9. The van der Waals surface area contributed by atoms with E-state index in [0.29, 0.717) is 6.42 Å². The number of carboxylic acid groups (broad SMARTS) is 1. The molecule has 1 heterocycles. The molecule has 10 heteroatoms. The Morgan fingerprint density at radius 3 is 1.96 bits per heavy atom. The molecule has 5 unspecified atom stereocenters. The Morgan fingerprint density at radius 1 is 0.959 bits per heavy atom. The topological polar surface area (TPSA) is 106 Å². The highest BCUT2D eigenvalue weighted by Gasteiger charge is 2.49. The summed E-state index contributed by atoms with van der Waals surface area (Å²) in [6.45, 7) is 35.6. The average Bonchev–Trinajstić information content (AvgIpc) is 3.35. The van der Waals surface area contributed by atoms with Crippen molar-refractivity contribution in [3.8, 4) is 0 Å². The van der Waals surface area contributed by atoms with Gasteiger partial charge in [-0.3, -0.25) is 9.59 Å². The molecular weight excluding hydrogens is 667 g/mol. The molecule has 2 N–H and O–H groups in total. The molecule has 0 spiro atoms. The lowest BCUT2D eigenvalue weighted by Crippen LogP contribution is -2.54. The summed E-state index contributed by atoms with van der Waals surface area (Å²) in [6.07, 6.45) is 5.52. The van der Waals surface area contributed by atoms with Gasteiger partial charge in [0.15, 0.2) is 16.6 Å². The Labute approximate surface area is 305 Å². The van der Waals surface area contributed by atoms with Crippen LogP contribution in [0, 0.1) is 24.2 Å². The Kier molecular flexibility index (Phi) is 16.6. The summed E-state index contributed by atoms with van der Waals surface area (Å²) in [6, 6.07) is 0. The van der Waals surface area contributed by atoms with E-state index in [1.165, 1.54) is 5.57 Å². The van der Waals surface area contributed by atoms with E-state index in [4.69, 9.17) is 8.85 Å². The number of carbonyl (C=O) groups is 2. The number of thiazole rings is 1. The molecule has 0 aliphatic rings. The van der Waals surface area contributed by atoms with E-state index in [0.717, 1.165) is 35.5 Å². The van der Waals surface area contributed by atoms with Crippen molar-refractivity contribution in [1.29, 1.82) is 0 Å². The molecule has 49 heavy (non-hydrogen) atoms. The van der Waals surface area contributed by atoms with Gasteiger partial charge in [0.25, 0.3) is 0 Å². The molecule has 0 saturated carbocycles. The molecule has 7 nitrogen and oxygen atoms in total. The van der Waals surface area contributed by atoms with Crippen LogP contribution in [0.15, 0.2) is 22.6 Å². The lowest BCUT2D eigenvalue weighted by atomic mass is 9.73. The number of nitrogens with zero attached hydrogens (tertiary/aromatic N) is 1. The smallest absolute Gasteiger partial charge is 0.305 e. The normalized spacial score (nSPS) is 17.4. The van der Waals surface area contributed by atoms with Crippen molar-refractivity contribution < 1.29 is 28.7 Å². The lowest BCUT2D eigenvalue weighted by molar-refractivity contribution is -0.146. The van der Waals surface area contributed by atoms with Crippen molar-refractivity contribution in [1.82, 2.24) is 4.98 Å². The summed E-state index contributed by atoms with van der Waals surface area (Å²) in [5.74, 6) is -1.31. The number of aliphatic hydroxyl groups is 1. The molecule has 0 aromatic carbocycles. The highest BCUT2D eigenvalue weighted by Crippen LogP contribution is 2.44. The molecule has 0 amide bonds. The van der Waals surface area contributed by atoms with E-state index >= 15 is 0 Å². The van der Waals surface area contributed by atoms with E-state index in [2.05, 4.69) is 92.6 Å². The Balaban J connectivity index is 3.20. The number of ketones is 1. The van der Waals surface area contributed by atoms with E-state index < -0.39 is 46.1 Å². The third kappa shape index (κ3) is 13.6. The maximum absolute atomic E-state index is 14.5. The first-order valence-electron chi connectivity index (χ1n) is 18.1. The number of rotatable bonds is 19. The predicted octanol–water partition coefficient (Wildman–Crippen LogP) is 10.8. The average molecular weight is 738 g/mol. The van der Waals surface area contributed by atoms with Gasteiger partial charge >= 0.3 is 5.97 Å². The predicted molar refractivity (Wildman–Crippen MR) is 212 cm³/mol. The van der Waals surface area contributed by atoms with Crippen molar-refractivity contribution in [3.05, 3.63) is 33.3 Å². The fourth-order valence-electron chi connectivity index (χ4n) is 5.50. The molecule has 1 aromatic rings. The fourth-order valence-corrected chi connectivity index (χ4v) is 8.99. The Morgan fingerprint density at radius 2 is 1.49 bits per heavy atom. The van der Waals surface area contributed by atoms with E-state index in [9.17, 15) is 19.8 Å². The van der Waals surface area contributed by atoms with Crippen LogP contribution < -0.4 is 0 Å². The minimum atomic E-state index is -2.37. The first kappa shape index (κ1) is 45.6. The van der Waals surface area contributed by atoms with Crippen LogP contribution in [0.2, 0.25) is 36.3 Å². The largest absolute Gasteiger partial charge is 0.481 e. The number of allylic oxidation sites excluding steroid dienone is 1. The quantitative estimate of drug-likeness (QED) is 0.108. The van der Waals surface area contributed by atoms with Crippen molar-refractivity contribution >= 4 is 45.8 Å². The van der Waals surface area contributed by atoms with Crippen LogP contribution in [0.5, 0.6) is 0 Å². The monoisotopic (exact) mass is 737 g/mol. The third-order valence-electron chi connectivity index (χ3n) is 11.2. The minimum absolute atomic E-state index is 0.00526. The van der Waals surface area contributed by atoms with Crippen LogP contribution in [-0.2, 0) is 18.4 Å². The zero-order valence-corrected chi connectivity index (χ0v) is 36.9. The third-order valence-corrected chi connectivity index (χ3v) is 21.0. The Hall–Kier alpha value is -1.44. The standard InChI is InChI=1S/C39H71NO6SSi2/c1-26(21-22-32(41)28(3)23-31-25-47-30(5)40-31)19-18-20-27(2)35(46-49(16,17)38(9,10)11)29(4)36(44)39(12,13)33(24-34(42)43)45-48(14,15)37(6,7)8/h21,23,25,27,29,32-33,35,41H,18-20,22,24H2,1-17H3,(H,42,43). The molecule has 1 rings (SSSR count). The molecule has 0 saturated heterocycles. The van der Waals surface area contributed by atoms with Gasteiger partial charge in [0, 0.05) is 16.7 Å². The number of aromatic nitrogens is 1. The van der Waals surface area contributed by atoms with Crippen LogP contribution in [-0.4, -0.2) is 61.9 Å². The van der Waals surface area contributed by atoms with Crippen LogP contribution >= 0.6 is 11.3 Å². The SMILES string of the molecule is CC(=CCC(O)C(C)=Cc1csc(C)n1)CCCC(C)C(O[Si](C)(C)C(C)(C)C)C(C)C(=O)C(C)(C)C(CC(=O)O)O[Si](C)(C)C(C)(C)C. The number of hydrogen-bond acceptors (Lipinski definition) is 7. The van der Waals surface area contributed by atoms with Gasteiger partial charge in [-0.1, -0.05) is 80.9 Å². The zero-order valence-electron chi connectivity index (χ0n) is 34.0. The first-order chi connectivity index (χ1) is 22.0. The molecular formula is C39H71NO6SSi2. The second-order valence-electron chi connectivity index (χ2n) is 18.0. The summed E-state index contributed by atoms with van der Waals surface area (Å²) >= 11 is 1.60. The highest BCUT2D eigenvalue weighted by atomic mass is 32.1. The van der Waals surface area contributed by atoms with Crippen LogP contribution in [0.3, 0.4) is 0 Å². The van der Waals surface area contributed by atoms with Crippen LogP contribution in [0.1, 0.15) is 126 Å². The minimum Gasteiger partial charge on any atom is -0.481 e. The van der Waals surface area contributed by atoms with Crippen molar-refractivity contribution in [3.63, 3.8) is 0 Å². The van der Waals surface area contributed by atoms with Gasteiger partial charge in [-0.15, -0.1) is 11.3 Å². The molecule has 0 aliphatic carbocycles. The number of aliphatic hydroxyl groups excluding tert-OH is 1. The molecule has 0 aliphatic heterocycles. The maximum atomic E-state index is 14.5. The molecule has 5 atom stereocenters. The van der Waals surface area contributed by atoms with Crippen molar-refractivity contribution in [2.75, 3.05) is 0 Å². The molecule has 0 fully saturated rings. The maximum Gasteiger partial charge on any atom is 0.305 e. The second-order valence-corrected chi connectivity index (χ2v) is 28.6. The van der Waals surface area contributed by atoms with Gasteiger partial charge < -0.3 is 19.1 Å². The van der Waals surface area contributed by atoms with Gasteiger partial charge in [-0.2, -0.15) is 0 Å². The van der Waals surface area contributed by atoms with E-state index in [-0.39, 0.29) is 34.3 Å². The van der Waals surface area contributed by atoms with Gasteiger partial charge in [0.2, 0.25) is 0 Å². The van der Waals surface area contributed by atoms with Gasteiger partial charge in [-0.25, -0.2) is 4.98 Å². The number of aryl methyl sites for hydroxylation is 1. The molecule has 0 radical (unpaired) electrons. The van der Waals surface area contributed by atoms with Gasteiger partial charge in [0.1, 0.15) is 5.78 Å². The summed E-state index contributed by atoms with van der Waals surface area (Å²) < 4.78 is 13.8. The van der Waals surface area contributed by atoms with Crippen molar-refractivity contribution in [2.45, 2.75) is 177 Å². The number of Topliss-reactive ketones (excluding diaryl/α,β-unsaturated/α-hetero) is 1. The number of hydrogen-bond donors (Lipinski definition) is 2.